The van der Waals surface area contributed by atoms with E-state index in [0.29, 0.717) is 5.56 Å². The highest BCUT2D eigenvalue weighted by atomic mass is 35.5. The molecule has 0 aliphatic heterocycles. The second kappa shape index (κ2) is 7.11. The molecule has 1 amide bonds. The molecule has 0 fully saturated rings. The Morgan fingerprint density at radius 1 is 1.22 bits per heavy atom. The molecule has 0 aromatic heterocycles. The van der Waals surface area contributed by atoms with E-state index in [1.54, 1.807) is 38.4 Å². The van der Waals surface area contributed by atoms with Crippen LogP contribution in [0, 0.1) is 10.1 Å². The summed E-state index contributed by atoms with van der Waals surface area (Å²) < 4.78 is 5.49. The molecule has 2 aromatic carbocycles. The smallest absolute Gasteiger partial charge is 0.312 e. The number of amides is 1. The van der Waals surface area contributed by atoms with Crippen LogP contribution in [0.15, 0.2) is 42.5 Å². The van der Waals surface area contributed by atoms with Gasteiger partial charge in [-0.1, -0.05) is 23.7 Å². The predicted molar refractivity (Wildman–Crippen MR) is 86.9 cm³/mol. The first-order valence-corrected chi connectivity index (χ1v) is 7.13. The number of carbonyl (C=O) groups is 1. The minimum absolute atomic E-state index is 0.0918. The normalized spacial score (nSPS) is 10.2. The summed E-state index contributed by atoms with van der Waals surface area (Å²) in [6, 6.07) is 11.1. The maximum Gasteiger partial charge on any atom is 0.312 e. The molecular formula is C16H15ClN2O4. The van der Waals surface area contributed by atoms with Crippen molar-refractivity contribution in [3.63, 3.8) is 0 Å². The van der Waals surface area contributed by atoms with E-state index in [2.05, 4.69) is 0 Å². The Labute approximate surface area is 138 Å². The van der Waals surface area contributed by atoms with Crippen LogP contribution in [0.1, 0.15) is 15.9 Å². The zero-order chi connectivity index (χ0) is 17.0. The fourth-order valence-corrected chi connectivity index (χ4v) is 2.08. The van der Waals surface area contributed by atoms with E-state index < -0.39 is 4.92 Å². The molecule has 120 valence electrons. The van der Waals surface area contributed by atoms with Crippen molar-refractivity contribution in [3.8, 4) is 5.75 Å². The van der Waals surface area contributed by atoms with E-state index >= 15 is 0 Å². The van der Waals surface area contributed by atoms with Gasteiger partial charge >= 0.3 is 5.69 Å². The van der Waals surface area contributed by atoms with Gasteiger partial charge in [0.25, 0.3) is 5.91 Å². The molecule has 7 heteroatoms. The molecule has 0 bridgehead atoms. The first-order chi connectivity index (χ1) is 10.9. The summed E-state index contributed by atoms with van der Waals surface area (Å²) >= 11 is 5.75. The Balaban J connectivity index is 2.10. The number of nitro groups is 1. The van der Waals surface area contributed by atoms with Crippen LogP contribution in [0.3, 0.4) is 0 Å². The number of halogens is 1. The first kappa shape index (κ1) is 16.8. The van der Waals surface area contributed by atoms with Crippen molar-refractivity contribution in [3.05, 3.63) is 68.7 Å². The van der Waals surface area contributed by atoms with E-state index in [4.69, 9.17) is 16.3 Å². The van der Waals surface area contributed by atoms with E-state index in [1.165, 1.54) is 23.1 Å². The van der Waals surface area contributed by atoms with Gasteiger partial charge in [0.1, 0.15) is 6.61 Å². The van der Waals surface area contributed by atoms with Crippen molar-refractivity contribution in [2.75, 3.05) is 14.1 Å². The molecule has 23 heavy (non-hydrogen) atoms. The summed E-state index contributed by atoms with van der Waals surface area (Å²) in [4.78, 5) is 23.7. The van der Waals surface area contributed by atoms with Gasteiger partial charge in [-0.25, -0.2) is 0 Å². The molecule has 0 saturated heterocycles. The van der Waals surface area contributed by atoms with Gasteiger partial charge < -0.3 is 9.64 Å². The van der Waals surface area contributed by atoms with Crippen LogP contribution in [0.25, 0.3) is 0 Å². The van der Waals surface area contributed by atoms with Crippen LogP contribution >= 0.6 is 11.6 Å². The number of carbonyl (C=O) groups excluding carboxylic acids is 1. The summed E-state index contributed by atoms with van der Waals surface area (Å²) in [5.74, 6) is 0.0543. The largest absolute Gasteiger partial charge is 0.482 e. The summed E-state index contributed by atoms with van der Waals surface area (Å²) in [6.07, 6.45) is 0. The quantitative estimate of drug-likeness (QED) is 0.619. The molecule has 0 heterocycles. The number of ether oxygens (including phenoxy) is 1. The molecule has 2 aromatic rings. The van der Waals surface area contributed by atoms with Crippen LogP contribution in [0.2, 0.25) is 5.02 Å². The second-order valence-electron chi connectivity index (χ2n) is 5.05. The third kappa shape index (κ3) is 4.20. The number of nitro benzene ring substituents is 1. The lowest BCUT2D eigenvalue weighted by atomic mass is 10.1. The number of nitrogens with zero attached hydrogens (tertiary/aromatic N) is 2. The Morgan fingerprint density at radius 2 is 1.87 bits per heavy atom. The molecule has 0 N–H and O–H groups in total. The number of rotatable bonds is 5. The van der Waals surface area contributed by atoms with Crippen molar-refractivity contribution >= 4 is 23.2 Å². The fraction of sp³-hybridized carbons (Fsp3) is 0.188. The zero-order valence-corrected chi connectivity index (χ0v) is 13.4. The van der Waals surface area contributed by atoms with Crippen LogP contribution in [-0.4, -0.2) is 29.8 Å². The van der Waals surface area contributed by atoms with Gasteiger partial charge in [0.2, 0.25) is 0 Å². The molecular weight excluding hydrogens is 320 g/mol. The van der Waals surface area contributed by atoms with Gasteiger partial charge in [0.05, 0.1) is 4.92 Å². The van der Waals surface area contributed by atoms with Gasteiger partial charge in [-0.05, 0) is 29.8 Å². The highest BCUT2D eigenvalue weighted by Gasteiger charge is 2.16. The molecule has 0 radical (unpaired) electrons. The number of hydrogen-bond acceptors (Lipinski definition) is 4. The van der Waals surface area contributed by atoms with E-state index in [-0.39, 0.29) is 29.0 Å². The highest BCUT2D eigenvalue weighted by Crippen LogP contribution is 2.30. The predicted octanol–water partition coefficient (Wildman–Crippen LogP) is 3.53. The van der Waals surface area contributed by atoms with Crippen molar-refractivity contribution < 1.29 is 14.5 Å². The van der Waals surface area contributed by atoms with Gasteiger partial charge in [0, 0.05) is 30.7 Å². The fourth-order valence-electron chi connectivity index (χ4n) is 1.92. The molecule has 0 atom stereocenters. The van der Waals surface area contributed by atoms with Crippen molar-refractivity contribution in [1.29, 1.82) is 0 Å². The van der Waals surface area contributed by atoms with Crippen molar-refractivity contribution in [2.24, 2.45) is 0 Å². The number of hydrogen-bond donors (Lipinski definition) is 0. The monoisotopic (exact) mass is 334 g/mol. The topological polar surface area (TPSA) is 72.7 Å². The highest BCUT2D eigenvalue weighted by molar-refractivity contribution is 6.30. The van der Waals surface area contributed by atoms with E-state index in [1.807, 2.05) is 0 Å². The Hall–Kier alpha value is -2.60. The molecule has 2 rings (SSSR count). The minimum Gasteiger partial charge on any atom is -0.482 e. The van der Waals surface area contributed by atoms with Crippen molar-refractivity contribution in [2.45, 2.75) is 6.61 Å². The van der Waals surface area contributed by atoms with E-state index in [9.17, 15) is 14.9 Å². The minimum atomic E-state index is -0.542. The molecule has 0 aliphatic carbocycles. The SMILES string of the molecule is CN(C)C(=O)c1ccc(COc2ccc(Cl)cc2[N+](=O)[O-])cc1. The van der Waals surface area contributed by atoms with Crippen LogP contribution in [-0.2, 0) is 6.61 Å². The van der Waals surface area contributed by atoms with Crippen LogP contribution in [0.4, 0.5) is 5.69 Å². The number of benzene rings is 2. The summed E-state index contributed by atoms with van der Waals surface area (Å²) in [5.41, 5.74) is 1.18. The van der Waals surface area contributed by atoms with Crippen LogP contribution < -0.4 is 4.74 Å². The molecule has 6 nitrogen and oxygen atoms in total. The lowest BCUT2D eigenvalue weighted by molar-refractivity contribution is -0.385. The maximum absolute atomic E-state index is 11.8. The average Bonchev–Trinajstić information content (AvgIpc) is 2.53. The van der Waals surface area contributed by atoms with Gasteiger partial charge in [-0.15, -0.1) is 0 Å². The Kier molecular flexibility index (Phi) is 5.18. The third-order valence-electron chi connectivity index (χ3n) is 3.12. The third-order valence-corrected chi connectivity index (χ3v) is 3.35. The van der Waals surface area contributed by atoms with E-state index in [0.717, 1.165) is 5.56 Å². The lowest BCUT2D eigenvalue weighted by Gasteiger charge is -2.11. The Morgan fingerprint density at radius 3 is 2.43 bits per heavy atom. The summed E-state index contributed by atoms with van der Waals surface area (Å²) in [6.45, 7) is 0.152. The lowest BCUT2D eigenvalue weighted by Crippen LogP contribution is -2.21. The zero-order valence-electron chi connectivity index (χ0n) is 12.7. The molecule has 0 aliphatic rings. The maximum atomic E-state index is 11.8. The van der Waals surface area contributed by atoms with Gasteiger partial charge in [0.15, 0.2) is 5.75 Å². The summed E-state index contributed by atoms with van der Waals surface area (Å²) in [5, 5.41) is 11.3. The molecule has 0 saturated carbocycles. The van der Waals surface area contributed by atoms with Gasteiger partial charge in [-0.3, -0.25) is 14.9 Å². The average molecular weight is 335 g/mol. The van der Waals surface area contributed by atoms with Gasteiger partial charge in [-0.2, -0.15) is 0 Å². The second-order valence-corrected chi connectivity index (χ2v) is 5.49. The van der Waals surface area contributed by atoms with Crippen molar-refractivity contribution in [1.82, 2.24) is 4.90 Å². The molecule has 0 unspecified atom stereocenters. The molecule has 0 spiro atoms. The Bertz CT molecular complexity index is 729. The standard InChI is InChI=1S/C16H15ClN2O4/c1-18(2)16(20)12-5-3-11(4-6-12)10-23-15-8-7-13(17)9-14(15)19(21)22/h3-9H,10H2,1-2H3. The van der Waals surface area contributed by atoms with Crippen LogP contribution in [0.5, 0.6) is 5.75 Å². The first-order valence-electron chi connectivity index (χ1n) is 6.76. The summed E-state index contributed by atoms with van der Waals surface area (Å²) in [7, 11) is 3.36.